The summed E-state index contributed by atoms with van der Waals surface area (Å²) in [4.78, 5) is 21.2. The number of benzene rings is 2. The number of carbonyl (C=O) groups excluding carboxylic acids is 2. The molecule has 1 amide bonds. The Morgan fingerprint density at radius 3 is 1.94 bits per heavy atom. The third-order valence-electron chi connectivity index (χ3n) is 4.50. The molecular weight excluding hydrogens is 474 g/mol. The molecule has 1 unspecified atom stereocenters. The Labute approximate surface area is 193 Å². The molecule has 1 saturated carbocycles. The van der Waals surface area contributed by atoms with E-state index in [1.165, 1.54) is 13.0 Å². The summed E-state index contributed by atoms with van der Waals surface area (Å²) in [5.41, 5.74) is 5.77. The molecule has 9 heteroatoms. The Hall–Kier alpha value is -2.02. The minimum atomic E-state index is -4.53. The highest BCUT2D eigenvalue weighted by Crippen LogP contribution is 2.41. The van der Waals surface area contributed by atoms with Gasteiger partial charge >= 0.3 is 6.18 Å². The van der Waals surface area contributed by atoms with E-state index in [9.17, 15) is 22.8 Å². The molecule has 0 saturated heterocycles. The fourth-order valence-electron chi connectivity index (χ4n) is 2.57. The molecule has 1 atom stereocenters. The van der Waals surface area contributed by atoms with Crippen molar-refractivity contribution in [2.45, 2.75) is 31.9 Å². The van der Waals surface area contributed by atoms with Crippen LogP contribution in [0.3, 0.4) is 0 Å². The van der Waals surface area contributed by atoms with Crippen molar-refractivity contribution in [3.63, 3.8) is 0 Å². The maximum absolute atomic E-state index is 13.4. The minimum absolute atomic E-state index is 0.0109. The molecule has 0 aliphatic heterocycles. The third-order valence-corrected chi connectivity index (χ3v) is 5.69. The predicted molar refractivity (Wildman–Crippen MR) is 118 cm³/mol. The normalized spacial score (nSPS) is 14.7. The first-order valence-electron chi connectivity index (χ1n) is 9.19. The van der Waals surface area contributed by atoms with Gasteiger partial charge in [0.05, 0.1) is 21.0 Å². The van der Waals surface area contributed by atoms with E-state index in [4.69, 9.17) is 40.5 Å². The molecule has 1 fully saturated rings. The quantitative estimate of drug-likeness (QED) is 0.358. The van der Waals surface area contributed by atoms with Crippen LogP contribution in [0.15, 0.2) is 42.5 Å². The largest absolute Gasteiger partial charge is 0.399 e. The van der Waals surface area contributed by atoms with Crippen molar-refractivity contribution in [3.05, 3.63) is 74.2 Å². The number of alkyl halides is 3. The molecule has 3 nitrogen and oxygen atoms in total. The zero-order chi connectivity index (χ0) is 23.3. The summed E-state index contributed by atoms with van der Waals surface area (Å²) in [6.07, 6.45) is -0.141. The van der Waals surface area contributed by atoms with Gasteiger partial charge in [-0.1, -0.05) is 71.2 Å². The maximum atomic E-state index is 13.4. The molecule has 1 aliphatic carbocycles. The topological polar surface area (TPSA) is 60.2 Å². The van der Waals surface area contributed by atoms with Gasteiger partial charge in [-0.2, -0.15) is 13.2 Å². The van der Waals surface area contributed by atoms with Crippen molar-refractivity contribution in [2.75, 3.05) is 0 Å². The van der Waals surface area contributed by atoms with Crippen LogP contribution in [0.5, 0.6) is 0 Å². The van der Waals surface area contributed by atoms with Crippen molar-refractivity contribution in [1.82, 2.24) is 0 Å². The van der Waals surface area contributed by atoms with Crippen LogP contribution in [0.2, 0.25) is 15.1 Å². The van der Waals surface area contributed by atoms with E-state index < -0.39 is 12.1 Å². The summed E-state index contributed by atoms with van der Waals surface area (Å²) in [7, 11) is 0. The molecule has 0 heterocycles. The monoisotopic (exact) mass is 491 g/mol. The van der Waals surface area contributed by atoms with E-state index in [1.54, 1.807) is 24.3 Å². The second-order valence-corrected chi connectivity index (χ2v) is 8.22. The van der Waals surface area contributed by atoms with Crippen molar-refractivity contribution in [2.24, 2.45) is 11.7 Å². The zero-order valence-electron chi connectivity index (χ0n) is 16.3. The second-order valence-electron chi connectivity index (χ2n) is 7.03. The van der Waals surface area contributed by atoms with Crippen molar-refractivity contribution in [1.29, 1.82) is 0 Å². The number of rotatable bonds is 5. The number of primary amides is 1. The van der Waals surface area contributed by atoms with Crippen LogP contribution in [0.4, 0.5) is 13.2 Å². The van der Waals surface area contributed by atoms with Crippen molar-refractivity contribution in [3.8, 4) is 0 Å². The summed E-state index contributed by atoms with van der Waals surface area (Å²) in [5, 5.41) is -0.0768. The van der Waals surface area contributed by atoms with E-state index >= 15 is 0 Å². The van der Waals surface area contributed by atoms with Crippen LogP contribution >= 0.6 is 34.8 Å². The Morgan fingerprint density at radius 1 is 1.06 bits per heavy atom. The maximum Gasteiger partial charge on any atom is 0.399 e. The highest BCUT2D eigenvalue weighted by molar-refractivity contribution is 6.48. The van der Waals surface area contributed by atoms with Gasteiger partial charge in [0.15, 0.2) is 5.78 Å². The molecule has 2 aromatic carbocycles. The minimum Gasteiger partial charge on any atom is -0.369 e. The number of allylic oxidation sites excluding steroid dienone is 1. The highest BCUT2D eigenvalue weighted by Gasteiger charge is 2.39. The van der Waals surface area contributed by atoms with E-state index in [0.29, 0.717) is 11.1 Å². The summed E-state index contributed by atoms with van der Waals surface area (Å²) in [5.74, 6) is -1.90. The number of nitrogens with two attached hydrogens (primary N) is 1. The molecule has 3 rings (SSSR count). The number of Topliss-reactive ketones (excluding diaryl/α,β-unsaturated/α-hetero) is 1. The molecule has 2 aromatic rings. The Morgan fingerprint density at radius 2 is 1.58 bits per heavy atom. The van der Waals surface area contributed by atoms with Crippen LogP contribution in [-0.2, 0) is 4.79 Å². The van der Waals surface area contributed by atoms with Gasteiger partial charge in [0.2, 0.25) is 5.91 Å². The van der Waals surface area contributed by atoms with Gasteiger partial charge in [0.1, 0.15) is 0 Å². The predicted octanol–water partition coefficient (Wildman–Crippen LogP) is 7.09. The van der Waals surface area contributed by atoms with Crippen molar-refractivity contribution < 1.29 is 22.8 Å². The average molecular weight is 493 g/mol. The number of carbonyl (C=O) groups is 2. The molecule has 2 N–H and O–H groups in total. The fourth-order valence-corrected chi connectivity index (χ4v) is 3.18. The van der Waals surface area contributed by atoms with Crippen molar-refractivity contribution >= 4 is 52.6 Å². The number of hydrogen-bond donors (Lipinski definition) is 1. The molecule has 0 spiro atoms. The lowest BCUT2D eigenvalue weighted by Crippen LogP contribution is -2.19. The summed E-state index contributed by atoms with van der Waals surface area (Å²) in [6, 6.07) is 8.56. The molecule has 0 radical (unpaired) electrons. The number of halogens is 6. The Balaban J connectivity index is 0.000000488. The smallest absolute Gasteiger partial charge is 0.369 e. The molecule has 0 bridgehead atoms. The summed E-state index contributed by atoms with van der Waals surface area (Å²) < 4.78 is 40.3. The van der Waals surface area contributed by atoms with Gasteiger partial charge in [-0.15, -0.1) is 0 Å². The van der Waals surface area contributed by atoms with Gasteiger partial charge in [0.25, 0.3) is 0 Å². The van der Waals surface area contributed by atoms with Gasteiger partial charge in [-0.3, -0.25) is 9.59 Å². The average Bonchev–Trinajstić information content (AvgIpc) is 3.51. The van der Waals surface area contributed by atoms with Crippen LogP contribution in [0.1, 0.15) is 47.2 Å². The Kier molecular flexibility index (Phi) is 8.57. The van der Waals surface area contributed by atoms with E-state index in [2.05, 4.69) is 0 Å². The summed E-state index contributed by atoms with van der Waals surface area (Å²) >= 11 is 17.5. The SMILES string of the molecule is CC(=O)c1ccc(/C=C/C(c2cc(Cl)c(Cl)c(Cl)c2)C(F)(F)F)cc1.NC(=O)C1CC1. The van der Waals surface area contributed by atoms with Gasteiger partial charge in [-0.05, 0) is 43.0 Å². The summed E-state index contributed by atoms with van der Waals surface area (Å²) in [6.45, 7) is 1.42. The fraction of sp³-hybridized carbons (Fsp3) is 0.273. The van der Waals surface area contributed by atoms with E-state index in [1.807, 2.05) is 0 Å². The Bertz CT molecular complexity index is 961. The highest BCUT2D eigenvalue weighted by atomic mass is 35.5. The standard InChI is InChI=1S/C18H12Cl3F3O.C4H7NO/c1-10(25)12-5-2-11(3-6-12)4-7-14(18(22,23)24)13-8-15(19)17(21)16(20)9-13;5-4(6)3-1-2-3/h2-9,14H,1H3;3H,1-2H2,(H2,5,6)/b7-4+;. The lowest BCUT2D eigenvalue weighted by atomic mass is 9.97. The number of ketones is 1. The molecule has 31 heavy (non-hydrogen) atoms. The van der Waals surface area contributed by atoms with Gasteiger partial charge in [-0.25, -0.2) is 0 Å². The van der Waals surface area contributed by atoms with Crippen LogP contribution in [-0.4, -0.2) is 17.9 Å². The second kappa shape index (κ2) is 10.5. The molecule has 0 aromatic heterocycles. The molecule has 1 aliphatic rings. The van der Waals surface area contributed by atoms with Gasteiger partial charge < -0.3 is 5.73 Å². The van der Waals surface area contributed by atoms with E-state index in [-0.39, 0.29) is 38.2 Å². The first-order valence-corrected chi connectivity index (χ1v) is 10.3. The number of hydrogen-bond acceptors (Lipinski definition) is 2. The lowest BCUT2D eigenvalue weighted by Gasteiger charge is -2.18. The number of amides is 1. The van der Waals surface area contributed by atoms with E-state index in [0.717, 1.165) is 31.1 Å². The van der Waals surface area contributed by atoms with Gasteiger partial charge in [0, 0.05) is 11.5 Å². The van der Waals surface area contributed by atoms with Crippen LogP contribution in [0.25, 0.3) is 6.08 Å². The zero-order valence-corrected chi connectivity index (χ0v) is 18.6. The van der Waals surface area contributed by atoms with Crippen LogP contribution in [0, 0.1) is 5.92 Å². The third kappa shape index (κ3) is 7.56. The first-order chi connectivity index (χ1) is 14.4. The lowest BCUT2D eigenvalue weighted by molar-refractivity contribution is -0.139. The first kappa shape index (κ1) is 25.2. The molecular formula is C22H19Cl3F3NO2. The van der Waals surface area contributed by atoms with Crippen LogP contribution < -0.4 is 5.73 Å². The molecule has 166 valence electrons.